The maximum atomic E-state index is 10.8. The molecule has 0 aromatic heterocycles. The summed E-state index contributed by atoms with van der Waals surface area (Å²) in [7, 11) is 0. The van der Waals surface area contributed by atoms with Crippen LogP contribution in [0.1, 0.15) is 71.1 Å². The van der Waals surface area contributed by atoms with E-state index in [1.807, 2.05) is 0 Å². The molecule has 0 amide bonds. The van der Waals surface area contributed by atoms with Gasteiger partial charge in [0.1, 0.15) is 0 Å². The topological polar surface area (TPSA) is 17.1 Å². The van der Waals surface area contributed by atoms with Crippen LogP contribution in [-0.4, -0.2) is 5.78 Å². The van der Waals surface area contributed by atoms with Crippen LogP contribution in [0.5, 0.6) is 0 Å². The van der Waals surface area contributed by atoms with Gasteiger partial charge in [0.2, 0.25) is 5.78 Å². The van der Waals surface area contributed by atoms with Crippen LogP contribution in [0.2, 0.25) is 0 Å². The van der Waals surface area contributed by atoms with E-state index in [0.29, 0.717) is 6.42 Å². The second kappa shape index (κ2) is 11.3. The minimum atomic E-state index is -0.0436. The van der Waals surface area contributed by atoms with Gasteiger partial charge in [0, 0.05) is 6.42 Å². The molecule has 86 valence electrons. The van der Waals surface area contributed by atoms with Crippen LogP contribution in [0.3, 0.4) is 0 Å². The minimum absolute atomic E-state index is 0.0436. The third kappa shape index (κ3) is 11.2. The third-order valence-corrected chi connectivity index (χ3v) is 2.67. The molecule has 0 fully saturated rings. The van der Waals surface area contributed by atoms with Gasteiger partial charge in [0.25, 0.3) is 0 Å². The zero-order valence-electron chi connectivity index (χ0n) is 10.1. The monoisotopic (exact) mass is 208 g/mol. The summed E-state index contributed by atoms with van der Waals surface area (Å²) in [6, 6.07) is 0. The highest BCUT2D eigenvalue weighted by atomic mass is 16.1. The summed E-state index contributed by atoms with van der Waals surface area (Å²) in [6.45, 7) is 2.24. The summed E-state index contributed by atoms with van der Waals surface area (Å²) in [5.41, 5.74) is 0. The number of unbranched alkanes of at least 4 members (excludes halogenated alkanes) is 8. The van der Waals surface area contributed by atoms with Crippen molar-refractivity contribution >= 4 is 5.78 Å². The van der Waals surface area contributed by atoms with Gasteiger partial charge in [0.05, 0.1) is 0 Å². The molecule has 0 N–H and O–H groups in total. The largest absolute Gasteiger partial charge is 0.285 e. The summed E-state index contributed by atoms with van der Waals surface area (Å²) in [5, 5.41) is 0. The summed E-state index contributed by atoms with van der Waals surface area (Å²) in [5.74, 6) is 2.11. The Hall–Kier alpha value is -0.770. The normalized spacial score (nSPS) is 9.87. The van der Waals surface area contributed by atoms with Crippen molar-refractivity contribution in [2.45, 2.75) is 71.1 Å². The van der Waals surface area contributed by atoms with Crippen molar-refractivity contribution in [3.05, 3.63) is 0 Å². The van der Waals surface area contributed by atoms with Crippen LogP contribution < -0.4 is 0 Å². The molecule has 1 heteroatoms. The van der Waals surface area contributed by atoms with Gasteiger partial charge in [0.15, 0.2) is 0 Å². The van der Waals surface area contributed by atoms with Crippen molar-refractivity contribution in [2.75, 3.05) is 0 Å². The molecule has 0 unspecified atom stereocenters. The van der Waals surface area contributed by atoms with Crippen LogP contribution in [0.15, 0.2) is 0 Å². The molecule has 0 spiro atoms. The molecule has 0 bridgehead atoms. The lowest BCUT2D eigenvalue weighted by Crippen LogP contribution is -1.92. The number of ketones is 1. The maximum Gasteiger partial charge on any atom is 0.205 e. The molecule has 0 heterocycles. The first-order valence-corrected chi connectivity index (χ1v) is 6.30. The zero-order chi connectivity index (χ0) is 11.4. The Kier molecular flexibility index (Phi) is 10.7. The van der Waals surface area contributed by atoms with Gasteiger partial charge in [-0.25, -0.2) is 0 Å². The fraction of sp³-hybridized carbons (Fsp3) is 0.786. The third-order valence-electron chi connectivity index (χ3n) is 2.67. The van der Waals surface area contributed by atoms with Gasteiger partial charge < -0.3 is 0 Å². The number of rotatable bonds is 10. The van der Waals surface area contributed by atoms with E-state index in [0.717, 1.165) is 12.8 Å². The Balaban J connectivity index is 2.99. The van der Waals surface area contributed by atoms with E-state index in [1.54, 1.807) is 0 Å². The number of Topliss-reactive ketones (excluding diaryl/α,β-unsaturated/α-hetero) is 1. The number of carbonyl (C=O) groups excluding carboxylic acids is 1. The van der Waals surface area contributed by atoms with Crippen molar-refractivity contribution in [1.82, 2.24) is 0 Å². The highest BCUT2D eigenvalue weighted by molar-refractivity contribution is 5.94. The van der Waals surface area contributed by atoms with E-state index in [9.17, 15) is 4.79 Å². The highest BCUT2D eigenvalue weighted by Gasteiger charge is 1.96. The first-order chi connectivity index (χ1) is 7.31. The van der Waals surface area contributed by atoms with Crippen molar-refractivity contribution in [3.8, 4) is 12.3 Å². The maximum absolute atomic E-state index is 10.8. The van der Waals surface area contributed by atoms with Crippen molar-refractivity contribution in [3.63, 3.8) is 0 Å². The van der Waals surface area contributed by atoms with Crippen LogP contribution in [0, 0.1) is 12.3 Å². The molecule has 1 nitrogen and oxygen atoms in total. The molecule has 0 aromatic carbocycles. The molecule has 0 saturated heterocycles. The molecule has 0 rings (SSSR count). The molecule has 0 aromatic rings. The first kappa shape index (κ1) is 14.2. The van der Waals surface area contributed by atoms with E-state index < -0.39 is 0 Å². The van der Waals surface area contributed by atoms with Gasteiger partial charge in [-0.1, -0.05) is 58.3 Å². The molecule has 15 heavy (non-hydrogen) atoms. The smallest absolute Gasteiger partial charge is 0.205 e. The van der Waals surface area contributed by atoms with Crippen LogP contribution >= 0.6 is 0 Å². The van der Waals surface area contributed by atoms with Gasteiger partial charge in [-0.15, -0.1) is 6.42 Å². The summed E-state index contributed by atoms with van der Waals surface area (Å²) in [4.78, 5) is 10.8. The molecule has 0 atom stereocenters. The number of terminal acetylenes is 1. The fourth-order valence-corrected chi connectivity index (χ4v) is 1.67. The zero-order valence-corrected chi connectivity index (χ0v) is 10.1. The van der Waals surface area contributed by atoms with Crippen molar-refractivity contribution in [1.29, 1.82) is 0 Å². The Morgan fingerprint density at radius 3 is 1.87 bits per heavy atom. The lowest BCUT2D eigenvalue weighted by molar-refractivity contribution is -0.113. The predicted octanol–water partition coefficient (Wildman–Crippen LogP) is 4.11. The van der Waals surface area contributed by atoms with E-state index in [-0.39, 0.29) is 5.78 Å². The second-order valence-corrected chi connectivity index (χ2v) is 4.15. The summed E-state index contributed by atoms with van der Waals surface area (Å²) in [6.07, 6.45) is 17.0. The average molecular weight is 208 g/mol. The number of hydrogen-bond acceptors (Lipinski definition) is 1. The van der Waals surface area contributed by atoms with Crippen LogP contribution in [0.25, 0.3) is 0 Å². The van der Waals surface area contributed by atoms with Gasteiger partial charge in [-0.05, 0) is 12.3 Å². The first-order valence-electron chi connectivity index (χ1n) is 6.30. The number of carbonyl (C=O) groups is 1. The molecular formula is C14H24O. The highest BCUT2D eigenvalue weighted by Crippen LogP contribution is 2.10. The summed E-state index contributed by atoms with van der Waals surface area (Å²) < 4.78 is 0. The van der Waals surface area contributed by atoms with E-state index in [4.69, 9.17) is 6.42 Å². The Labute approximate surface area is 94.6 Å². The lowest BCUT2D eigenvalue weighted by Gasteiger charge is -2.00. The lowest BCUT2D eigenvalue weighted by atomic mass is 10.1. The number of hydrogen-bond donors (Lipinski definition) is 0. The molecular weight excluding hydrogens is 184 g/mol. The SMILES string of the molecule is C#CC(=O)CCCCCCCCCCC. The molecule has 0 aliphatic carbocycles. The van der Waals surface area contributed by atoms with E-state index in [1.165, 1.54) is 44.9 Å². The Bertz CT molecular complexity index is 188. The van der Waals surface area contributed by atoms with Crippen LogP contribution in [0.4, 0.5) is 0 Å². The van der Waals surface area contributed by atoms with Crippen molar-refractivity contribution in [2.24, 2.45) is 0 Å². The predicted molar refractivity (Wildman–Crippen MR) is 65.7 cm³/mol. The van der Waals surface area contributed by atoms with Gasteiger partial charge >= 0.3 is 0 Å². The molecule has 0 aliphatic heterocycles. The second-order valence-electron chi connectivity index (χ2n) is 4.15. The molecule has 0 aliphatic rings. The Morgan fingerprint density at radius 2 is 1.40 bits per heavy atom. The Morgan fingerprint density at radius 1 is 0.933 bits per heavy atom. The van der Waals surface area contributed by atoms with Gasteiger partial charge in [-0.3, -0.25) is 4.79 Å². The van der Waals surface area contributed by atoms with Crippen LogP contribution in [-0.2, 0) is 4.79 Å². The van der Waals surface area contributed by atoms with Crippen molar-refractivity contribution < 1.29 is 4.79 Å². The summed E-state index contributed by atoms with van der Waals surface area (Å²) >= 11 is 0. The fourth-order valence-electron chi connectivity index (χ4n) is 1.67. The van der Waals surface area contributed by atoms with E-state index >= 15 is 0 Å². The molecule has 0 saturated carbocycles. The van der Waals surface area contributed by atoms with Gasteiger partial charge in [-0.2, -0.15) is 0 Å². The standard InChI is InChI=1S/C14H24O/c1-3-5-6-7-8-9-10-11-12-13-14(15)4-2/h2H,3,5-13H2,1H3. The van der Waals surface area contributed by atoms with E-state index in [2.05, 4.69) is 12.8 Å². The molecule has 0 radical (unpaired) electrons. The minimum Gasteiger partial charge on any atom is -0.285 e. The quantitative estimate of drug-likeness (QED) is 0.300. The average Bonchev–Trinajstić information content (AvgIpc) is 2.26.